The van der Waals surface area contributed by atoms with Crippen molar-refractivity contribution in [2.75, 3.05) is 0 Å². The zero-order valence-corrected chi connectivity index (χ0v) is 13.6. The molecule has 110 valence electrons. The van der Waals surface area contributed by atoms with E-state index in [1.165, 1.54) is 11.8 Å². The Morgan fingerprint density at radius 1 is 1.14 bits per heavy atom. The van der Waals surface area contributed by atoms with Crippen molar-refractivity contribution in [1.82, 2.24) is 5.32 Å². The zero-order valence-electron chi connectivity index (χ0n) is 11.2. The quantitative estimate of drug-likeness (QED) is 0.649. The molecule has 0 aromatic heterocycles. The summed E-state index contributed by atoms with van der Waals surface area (Å²) in [6.45, 7) is 0. The number of rotatable bonds is 3. The van der Waals surface area contributed by atoms with Crippen molar-refractivity contribution in [1.29, 1.82) is 0 Å². The summed E-state index contributed by atoms with van der Waals surface area (Å²) < 4.78 is 6.24. The number of carbonyl (C=O) groups excluding carboxylic acids is 1. The summed E-state index contributed by atoms with van der Waals surface area (Å²) in [4.78, 5) is 12.2. The van der Waals surface area contributed by atoms with Crippen LogP contribution in [0.5, 0.6) is 11.5 Å². The van der Waals surface area contributed by atoms with Crippen LogP contribution in [0.15, 0.2) is 53.4 Å². The Morgan fingerprint density at radius 3 is 2.59 bits per heavy atom. The molecule has 1 amide bonds. The molecule has 0 atom stereocenters. The Balaban J connectivity index is 1.81. The van der Waals surface area contributed by atoms with E-state index in [-0.39, 0.29) is 5.91 Å². The second kappa shape index (κ2) is 6.52. The molecule has 22 heavy (non-hydrogen) atoms. The van der Waals surface area contributed by atoms with E-state index in [9.17, 15) is 4.79 Å². The highest BCUT2D eigenvalue weighted by Gasteiger charge is 2.21. The SMILES string of the molecule is O=C1NC(=S)S/C1=C\c1cccc(Oc2ccc(Cl)cc2)c1. The summed E-state index contributed by atoms with van der Waals surface area (Å²) in [5.41, 5.74) is 0.869. The number of halogens is 1. The second-order valence-electron chi connectivity index (χ2n) is 4.48. The number of hydrogen-bond acceptors (Lipinski definition) is 4. The highest BCUT2D eigenvalue weighted by atomic mass is 35.5. The van der Waals surface area contributed by atoms with Gasteiger partial charge in [-0.25, -0.2) is 0 Å². The average molecular weight is 348 g/mol. The first kappa shape index (κ1) is 15.1. The highest BCUT2D eigenvalue weighted by Crippen LogP contribution is 2.28. The molecule has 2 aromatic carbocycles. The van der Waals surface area contributed by atoms with Gasteiger partial charge in [0.2, 0.25) is 0 Å². The van der Waals surface area contributed by atoms with Gasteiger partial charge >= 0.3 is 0 Å². The molecule has 3 rings (SSSR count). The van der Waals surface area contributed by atoms with E-state index in [0.29, 0.717) is 25.7 Å². The van der Waals surface area contributed by atoms with E-state index in [1.807, 2.05) is 24.3 Å². The number of thiocarbonyl (C=S) groups is 1. The van der Waals surface area contributed by atoms with Gasteiger partial charge in [-0.2, -0.15) is 0 Å². The van der Waals surface area contributed by atoms with Crippen LogP contribution >= 0.6 is 35.6 Å². The summed E-state index contributed by atoms with van der Waals surface area (Å²) in [5, 5.41) is 3.25. The third-order valence-corrected chi connectivity index (χ3v) is 4.26. The molecular weight excluding hydrogens is 338 g/mol. The van der Waals surface area contributed by atoms with Gasteiger partial charge in [-0.15, -0.1) is 0 Å². The number of thioether (sulfide) groups is 1. The average Bonchev–Trinajstić information content (AvgIpc) is 2.80. The second-order valence-corrected chi connectivity index (χ2v) is 6.64. The largest absolute Gasteiger partial charge is 0.457 e. The summed E-state index contributed by atoms with van der Waals surface area (Å²) in [7, 11) is 0. The number of hydrogen-bond donors (Lipinski definition) is 1. The number of carbonyl (C=O) groups is 1. The Bertz CT molecular complexity index is 772. The molecule has 2 aromatic rings. The zero-order chi connectivity index (χ0) is 15.5. The highest BCUT2D eigenvalue weighted by molar-refractivity contribution is 8.26. The van der Waals surface area contributed by atoms with Crippen molar-refractivity contribution in [3.05, 3.63) is 64.0 Å². The first-order valence-corrected chi connectivity index (χ1v) is 7.99. The Morgan fingerprint density at radius 2 is 1.91 bits per heavy atom. The number of amides is 1. The lowest BCUT2D eigenvalue weighted by atomic mass is 10.2. The molecule has 1 heterocycles. The molecule has 0 radical (unpaired) electrons. The van der Waals surface area contributed by atoms with Crippen LogP contribution in [0.4, 0.5) is 0 Å². The Labute approximate surface area is 142 Å². The van der Waals surface area contributed by atoms with Crippen molar-refractivity contribution < 1.29 is 9.53 Å². The molecule has 1 aliphatic heterocycles. The van der Waals surface area contributed by atoms with E-state index in [1.54, 1.807) is 30.3 Å². The van der Waals surface area contributed by atoms with Crippen molar-refractivity contribution in [3.8, 4) is 11.5 Å². The summed E-state index contributed by atoms with van der Waals surface area (Å²) in [6, 6.07) is 14.6. The normalized spacial score (nSPS) is 16.0. The maximum Gasteiger partial charge on any atom is 0.263 e. The van der Waals surface area contributed by atoms with E-state index in [4.69, 9.17) is 28.6 Å². The van der Waals surface area contributed by atoms with Gasteiger partial charge in [0, 0.05) is 5.02 Å². The maximum absolute atomic E-state index is 11.7. The molecule has 1 N–H and O–H groups in total. The van der Waals surface area contributed by atoms with Gasteiger partial charge in [0.25, 0.3) is 5.91 Å². The van der Waals surface area contributed by atoms with Crippen LogP contribution in [0.3, 0.4) is 0 Å². The van der Waals surface area contributed by atoms with E-state index < -0.39 is 0 Å². The van der Waals surface area contributed by atoms with Crippen LogP contribution in [0.25, 0.3) is 6.08 Å². The molecule has 0 unspecified atom stereocenters. The van der Waals surface area contributed by atoms with Crippen LogP contribution in [-0.2, 0) is 4.79 Å². The van der Waals surface area contributed by atoms with Gasteiger partial charge in [-0.3, -0.25) is 4.79 Å². The van der Waals surface area contributed by atoms with E-state index in [2.05, 4.69) is 5.32 Å². The van der Waals surface area contributed by atoms with Gasteiger partial charge in [0.05, 0.1) is 4.91 Å². The molecule has 0 saturated carbocycles. The van der Waals surface area contributed by atoms with E-state index in [0.717, 1.165) is 5.56 Å². The Hall–Kier alpha value is -1.82. The van der Waals surface area contributed by atoms with E-state index >= 15 is 0 Å². The molecule has 0 bridgehead atoms. The molecule has 1 aliphatic rings. The van der Waals surface area contributed by atoms with Crippen molar-refractivity contribution >= 4 is 51.9 Å². The van der Waals surface area contributed by atoms with Crippen molar-refractivity contribution in [3.63, 3.8) is 0 Å². The summed E-state index contributed by atoms with van der Waals surface area (Å²) in [6.07, 6.45) is 1.79. The van der Waals surface area contributed by atoms with Crippen molar-refractivity contribution in [2.24, 2.45) is 0 Å². The van der Waals surface area contributed by atoms with Crippen molar-refractivity contribution in [2.45, 2.75) is 0 Å². The Kier molecular flexibility index (Phi) is 4.47. The van der Waals surface area contributed by atoms with Crippen LogP contribution in [-0.4, -0.2) is 10.2 Å². The number of ether oxygens (including phenoxy) is 1. The first-order chi connectivity index (χ1) is 10.6. The van der Waals surface area contributed by atoms with Gasteiger partial charge in [-0.05, 0) is 48.0 Å². The lowest BCUT2D eigenvalue weighted by Crippen LogP contribution is -2.17. The molecule has 0 spiro atoms. The van der Waals surface area contributed by atoms with Gasteiger partial charge in [0.1, 0.15) is 15.8 Å². The molecule has 1 fully saturated rings. The van der Waals surface area contributed by atoms with Gasteiger partial charge in [-0.1, -0.05) is 47.7 Å². The van der Waals surface area contributed by atoms with Gasteiger partial charge < -0.3 is 10.1 Å². The molecular formula is C16H10ClNO2S2. The first-order valence-electron chi connectivity index (χ1n) is 6.38. The number of nitrogens with one attached hydrogen (secondary N) is 1. The monoisotopic (exact) mass is 347 g/mol. The van der Waals surface area contributed by atoms with Crippen LogP contribution in [0.2, 0.25) is 5.02 Å². The lowest BCUT2D eigenvalue weighted by Gasteiger charge is -2.06. The summed E-state index contributed by atoms with van der Waals surface area (Å²) >= 11 is 12.1. The smallest absolute Gasteiger partial charge is 0.263 e. The fraction of sp³-hybridized carbons (Fsp3) is 0. The minimum Gasteiger partial charge on any atom is -0.457 e. The standard InChI is InChI=1S/C16H10ClNO2S2/c17-11-4-6-12(7-5-11)20-13-3-1-2-10(8-13)9-14-15(19)18-16(21)22-14/h1-9H,(H,18,19,21)/b14-9-. The maximum atomic E-state index is 11.7. The molecule has 6 heteroatoms. The molecule has 0 aliphatic carbocycles. The fourth-order valence-electron chi connectivity index (χ4n) is 1.88. The molecule has 1 saturated heterocycles. The third-order valence-electron chi connectivity index (χ3n) is 2.85. The van der Waals surface area contributed by atoms with Crippen LogP contribution < -0.4 is 10.1 Å². The number of benzene rings is 2. The predicted molar refractivity (Wildman–Crippen MR) is 94.3 cm³/mol. The lowest BCUT2D eigenvalue weighted by molar-refractivity contribution is -0.115. The minimum atomic E-state index is -0.168. The summed E-state index contributed by atoms with van der Waals surface area (Å²) in [5.74, 6) is 1.21. The predicted octanol–water partition coefficient (Wildman–Crippen LogP) is 4.62. The minimum absolute atomic E-state index is 0.168. The van der Waals surface area contributed by atoms with Crippen LogP contribution in [0, 0.1) is 0 Å². The molecule has 3 nitrogen and oxygen atoms in total. The third kappa shape index (κ3) is 3.68. The topological polar surface area (TPSA) is 38.3 Å². The van der Waals surface area contributed by atoms with Gasteiger partial charge in [0.15, 0.2) is 0 Å². The van der Waals surface area contributed by atoms with Crippen LogP contribution in [0.1, 0.15) is 5.56 Å². The fourth-order valence-corrected chi connectivity index (χ4v) is 3.05.